The van der Waals surface area contributed by atoms with Gasteiger partial charge < -0.3 is 9.80 Å². The van der Waals surface area contributed by atoms with Gasteiger partial charge in [-0.05, 0) is 59.7 Å². The summed E-state index contributed by atoms with van der Waals surface area (Å²) >= 11 is 5.80. The van der Waals surface area contributed by atoms with Gasteiger partial charge >= 0.3 is 6.18 Å². The number of amidine groups is 1. The van der Waals surface area contributed by atoms with Crippen LogP contribution in [0.5, 0.6) is 0 Å². The van der Waals surface area contributed by atoms with Crippen molar-refractivity contribution in [3.05, 3.63) is 64.2 Å². The fourth-order valence-corrected chi connectivity index (χ4v) is 5.44. The van der Waals surface area contributed by atoms with Crippen molar-refractivity contribution in [3.8, 4) is 0 Å². The molecule has 0 atom stereocenters. The highest BCUT2D eigenvalue weighted by atomic mass is 35.5. The van der Waals surface area contributed by atoms with E-state index in [1.165, 1.54) is 15.9 Å². The molecule has 0 aromatic heterocycles. The van der Waals surface area contributed by atoms with Gasteiger partial charge in [0, 0.05) is 36.0 Å². The number of amides is 1. The highest BCUT2D eigenvalue weighted by Crippen LogP contribution is 2.51. The van der Waals surface area contributed by atoms with Crippen LogP contribution in [0.4, 0.5) is 18.9 Å². The first-order chi connectivity index (χ1) is 16.0. The number of nitrogens with one attached hydrogen (secondary N) is 2. The number of carbonyl (C=O) groups excluding carboxylic acids is 1. The van der Waals surface area contributed by atoms with Gasteiger partial charge in [-0.3, -0.25) is 15.6 Å². The second-order valence-electron chi connectivity index (χ2n) is 9.40. The van der Waals surface area contributed by atoms with E-state index in [1.807, 2.05) is 18.2 Å². The average Bonchev–Trinajstić information content (AvgIpc) is 3.12. The number of carbonyl (C=O) groups is 1. The fraction of sp³-hybridized carbons (Fsp3) is 0.400. The van der Waals surface area contributed by atoms with E-state index in [9.17, 15) is 18.0 Å². The van der Waals surface area contributed by atoms with Gasteiger partial charge in [0.2, 0.25) is 0 Å². The maximum absolute atomic E-state index is 13.7. The molecule has 1 fully saturated rings. The second kappa shape index (κ2) is 8.73. The largest absolute Gasteiger partial charge is 0.416 e. The van der Waals surface area contributed by atoms with Crippen molar-refractivity contribution >= 4 is 35.4 Å². The van der Waals surface area contributed by atoms with Crippen LogP contribution in [0, 0.1) is 16.7 Å². The van der Waals surface area contributed by atoms with Crippen molar-refractivity contribution in [1.29, 1.82) is 10.8 Å². The number of benzene rings is 2. The van der Waals surface area contributed by atoms with E-state index < -0.39 is 17.6 Å². The lowest BCUT2D eigenvalue weighted by molar-refractivity contribution is -0.138. The Kier molecular flexibility index (Phi) is 6.23. The minimum atomic E-state index is -4.59. The van der Waals surface area contributed by atoms with Crippen molar-refractivity contribution in [2.24, 2.45) is 5.92 Å². The summed E-state index contributed by atoms with van der Waals surface area (Å²) in [5.41, 5.74) is 0.628. The summed E-state index contributed by atoms with van der Waals surface area (Å²) in [4.78, 5) is 16.0. The Bertz CT molecular complexity index is 1160. The standard InChI is InChI=1S/C25H26ClF3N4O/c1-15-9-24(10-15,11-22(31)32(2)14-30)17-4-3-5-18(8-17)33-13-20-19(23(33)34)6-16(12-26)7-21(20)25(27,28)29/h3-8,14-15,30-31H,9-13H2,1-2H3/t15-,24-. The number of anilines is 1. The predicted molar refractivity (Wildman–Crippen MR) is 127 cm³/mol. The maximum Gasteiger partial charge on any atom is 0.416 e. The summed E-state index contributed by atoms with van der Waals surface area (Å²) in [7, 11) is 1.66. The molecular weight excluding hydrogens is 465 g/mol. The minimum Gasteiger partial charge on any atom is -0.325 e. The Morgan fingerprint density at radius 3 is 2.59 bits per heavy atom. The number of nitrogens with zero attached hydrogens (tertiary/aromatic N) is 2. The van der Waals surface area contributed by atoms with Gasteiger partial charge in [0.1, 0.15) is 5.84 Å². The number of rotatable bonds is 6. The molecule has 1 amide bonds. The second-order valence-corrected chi connectivity index (χ2v) is 9.67. The van der Waals surface area contributed by atoms with Crippen LogP contribution in [-0.2, 0) is 24.0 Å². The minimum absolute atomic E-state index is 0.0295. The Balaban J connectivity index is 1.70. The summed E-state index contributed by atoms with van der Waals surface area (Å²) in [5, 5.41) is 15.8. The van der Waals surface area contributed by atoms with Crippen LogP contribution >= 0.6 is 11.6 Å². The number of alkyl halides is 4. The molecule has 2 aliphatic rings. The van der Waals surface area contributed by atoms with Crippen molar-refractivity contribution in [3.63, 3.8) is 0 Å². The van der Waals surface area contributed by atoms with Gasteiger partial charge in [0.25, 0.3) is 5.91 Å². The van der Waals surface area contributed by atoms with Crippen LogP contribution in [-0.4, -0.2) is 30.0 Å². The summed E-state index contributed by atoms with van der Waals surface area (Å²) in [5.74, 6) is 0.204. The van der Waals surface area contributed by atoms with Crippen molar-refractivity contribution < 1.29 is 18.0 Å². The van der Waals surface area contributed by atoms with Crippen LogP contribution in [0.15, 0.2) is 36.4 Å². The molecule has 9 heteroatoms. The summed E-state index contributed by atoms with van der Waals surface area (Å²) in [6.07, 6.45) is -1.33. The van der Waals surface area contributed by atoms with E-state index in [0.717, 1.165) is 30.8 Å². The zero-order valence-electron chi connectivity index (χ0n) is 19.0. The molecule has 0 spiro atoms. The molecule has 0 radical (unpaired) electrons. The van der Waals surface area contributed by atoms with Crippen LogP contribution in [0.2, 0.25) is 0 Å². The topological polar surface area (TPSA) is 71.2 Å². The summed E-state index contributed by atoms with van der Waals surface area (Å²) in [6, 6.07) is 9.83. The highest BCUT2D eigenvalue weighted by molar-refractivity contribution is 6.17. The zero-order chi connectivity index (χ0) is 24.8. The molecule has 2 N–H and O–H groups in total. The van der Waals surface area contributed by atoms with E-state index in [0.29, 0.717) is 23.9 Å². The molecular formula is C25H26ClF3N4O. The molecule has 2 aromatic carbocycles. The van der Waals surface area contributed by atoms with E-state index in [1.54, 1.807) is 13.1 Å². The number of halogens is 4. The van der Waals surface area contributed by atoms with Crippen molar-refractivity contribution in [1.82, 2.24) is 4.90 Å². The number of hydrogen-bond donors (Lipinski definition) is 2. The molecule has 4 rings (SSSR count). The molecule has 0 saturated heterocycles. The number of fused-ring (bicyclic) bond motifs is 1. The molecule has 1 saturated carbocycles. The summed E-state index contributed by atoms with van der Waals surface area (Å²) < 4.78 is 41.2. The predicted octanol–water partition coefficient (Wildman–Crippen LogP) is 6.18. The van der Waals surface area contributed by atoms with Gasteiger partial charge in [-0.15, -0.1) is 11.6 Å². The molecule has 180 valence electrons. The molecule has 2 aromatic rings. The Hall–Kier alpha value is -2.87. The van der Waals surface area contributed by atoms with E-state index in [2.05, 4.69) is 6.92 Å². The first-order valence-corrected chi connectivity index (χ1v) is 11.5. The third-order valence-electron chi connectivity index (χ3n) is 6.94. The Morgan fingerprint density at radius 2 is 2.00 bits per heavy atom. The molecule has 34 heavy (non-hydrogen) atoms. The lowest BCUT2D eigenvalue weighted by atomic mass is 9.57. The third-order valence-corrected chi connectivity index (χ3v) is 7.24. The Labute approximate surface area is 201 Å². The average molecular weight is 491 g/mol. The van der Waals surface area contributed by atoms with Gasteiger partial charge in [0.05, 0.1) is 18.4 Å². The van der Waals surface area contributed by atoms with Gasteiger partial charge in [-0.25, -0.2) is 0 Å². The van der Waals surface area contributed by atoms with Crippen LogP contribution in [0.3, 0.4) is 0 Å². The first kappa shape index (κ1) is 24.3. The van der Waals surface area contributed by atoms with E-state index in [4.69, 9.17) is 22.4 Å². The van der Waals surface area contributed by atoms with Crippen LogP contribution < -0.4 is 4.90 Å². The lowest BCUT2D eigenvalue weighted by Crippen LogP contribution is -2.44. The van der Waals surface area contributed by atoms with Gasteiger partial charge in [-0.1, -0.05) is 19.1 Å². The van der Waals surface area contributed by atoms with Gasteiger partial charge in [-0.2, -0.15) is 13.2 Å². The summed E-state index contributed by atoms with van der Waals surface area (Å²) in [6.45, 7) is 1.98. The SMILES string of the molecule is CN(C=N)C(=N)C[C@]1(c2cccc(N3Cc4c(cc(CCl)cc4C(F)(F)F)C3=O)c2)C[C@H](C)C1. The first-order valence-electron chi connectivity index (χ1n) is 11.0. The maximum atomic E-state index is 13.7. The van der Waals surface area contributed by atoms with Crippen LogP contribution in [0.25, 0.3) is 0 Å². The third kappa shape index (κ3) is 4.19. The monoisotopic (exact) mass is 490 g/mol. The molecule has 1 aliphatic heterocycles. The van der Waals surface area contributed by atoms with Gasteiger partial charge in [0.15, 0.2) is 0 Å². The smallest absolute Gasteiger partial charge is 0.325 e. The fourth-order valence-electron chi connectivity index (χ4n) is 5.29. The zero-order valence-corrected chi connectivity index (χ0v) is 19.7. The molecule has 1 aliphatic carbocycles. The lowest BCUT2D eigenvalue weighted by Gasteiger charge is -2.48. The van der Waals surface area contributed by atoms with Crippen LogP contribution in [0.1, 0.15) is 58.8 Å². The van der Waals surface area contributed by atoms with Crippen molar-refractivity contribution in [2.75, 3.05) is 11.9 Å². The Morgan fingerprint density at radius 1 is 1.29 bits per heavy atom. The highest BCUT2D eigenvalue weighted by Gasteiger charge is 2.45. The molecule has 1 heterocycles. The van der Waals surface area contributed by atoms with E-state index in [-0.39, 0.29) is 34.5 Å². The molecule has 5 nitrogen and oxygen atoms in total. The molecule has 0 bridgehead atoms. The van der Waals surface area contributed by atoms with Crippen molar-refractivity contribution in [2.45, 2.75) is 50.2 Å². The number of hydrogen-bond acceptors (Lipinski definition) is 3. The molecule has 0 unspecified atom stereocenters. The van der Waals surface area contributed by atoms with E-state index >= 15 is 0 Å². The normalized spacial score (nSPS) is 21.8. The quantitative estimate of drug-likeness (QED) is 0.288.